The van der Waals surface area contributed by atoms with E-state index in [4.69, 9.17) is 15.0 Å². The molecule has 11 heteroatoms. The van der Waals surface area contributed by atoms with Crippen LogP contribution < -0.4 is 21.9 Å². The molecule has 0 saturated heterocycles. The highest BCUT2D eigenvalue weighted by atomic mass is 16.5. The summed E-state index contributed by atoms with van der Waals surface area (Å²) in [4.78, 5) is 45.7. The number of anilines is 2. The van der Waals surface area contributed by atoms with E-state index in [1.165, 1.54) is 16.6 Å². The van der Waals surface area contributed by atoms with E-state index in [0.717, 1.165) is 0 Å². The Morgan fingerprint density at radius 1 is 1.32 bits per heavy atom. The number of aromatic nitrogens is 4. The summed E-state index contributed by atoms with van der Waals surface area (Å²) in [7, 11) is 1.49. The first-order chi connectivity index (χ1) is 14.5. The van der Waals surface area contributed by atoms with Gasteiger partial charge in [-0.1, -0.05) is 39.8 Å². The summed E-state index contributed by atoms with van der Waals surface area (Å²) >= 11 is 0. The van der Waals surface area contributed by atoms with Gasteiger partial charge in [-0.25, -0.2) is 4.79 Å². The summed E-state index contributed by atoms with van der Waals surface area (Å²) < 4.78 is 11.6. The number of aryl methyl sites for hydroxylation is 1. The van der Waals surface area contributed by atoms with Crippen molar-refractivity contribution < 1.29 is 14.1 Å². The van der Waals surface area contributed by atoms with Gasteiger partial charge >= 0.3 is 5.69 Å². The molecule has 0 aliphatic rings. The van der Waals surface area contributed by atoms with Gasteiger partial charge in [-0.05, 0) is 5.92 Å². The Labute approximate surface area is 180 Å². The molecule has 11 nitrogen and oxygen atoms in total. The number of nitrogen functional groups attached to an aromatic ring is 1. The van der Waals surface area contributed by atoms with Crippen LogP contribution in [0.5, 0.6) is 0 Å². The van der Waals surface area contributed by atoms with Gasteiger partial charge in [0.1, 0.15) is 5.82 Å². The van der Waals surface area contributed by atoms with Crippen LogP contribution in [0.1, 0.15) is 52.8 Å². The molecular formula is C20H32N6O5. The second-order valence-electron chi connectivity index (χ2n) is 8.80. The van der Waals surface area contributed by atoms with Crippen LogP contribution in [0.15, 0.2) is 14.1 Å². The van der Waals surface area contributed by atoms with Crippen LogP contribution in [0.25, 0.3) is 0 Å². The third kappa shape index (κ3) is 6.03. The Balaban J connectivity index is 2.33. The Kier molecular flexibility index (Phi) is 7.77. The topological polar surface area (TPSA) is 149 Å². The van der Waals surface area contributed by atoms with E-state index < -0.39 is 11.2 Å². The van der Waals surface area contributed by atoms with Gasteiger partial charge in [0.05, 0.1) is 6.61 Å². The van der Waals surface area contributed by atoms with Gasteiger partial charge in [-0.3, -0.25) is 19.1 Å². The molecule has 0 aliphatic carbocycles. The molecule has 0 saturated carbocycles. The van der Waals surface area contributed by atoms with E-state index in [1.54, 1.807) is 0 Å². The SMILES string of the molecule is COCCN(C(=O)CCc1nc(C(C)(C)C)no1)c1c(N)n(CC(C)C)c(=O)[nH]c1=O. The number of methoxy groups -OCH3 is 1. The van der Waals surface area contributed by atoms with Crippen LogP contribution in [-0.2, 0) is 27.9 Å². The second kappa shape index (κ2) is 9.90. The molecule has 2 aromatic heterocycles. The van der Waals surface area contributed by atoms with Crippen molar-refractivity contribution in [3.05, 3.63) is 32.6 Å². The van der Waals surface area contributed by atoms with Crippen LogP contribution in [0.3, 0.4) is 0 Å². The summed E-state index contributed by atoms with van der Waals surface area (Å²) in [6.45, 7) is 10.3. The number of hydrogen-bond acceptors (Lipinski definition) is 8. The maximum absolute atomic E-state index is 13.0. The molecule has 0 aromatic carbocycles. The zero-order valence-electron chi connectivity index (χ0n) is 19.0. The minimum Gasteiger partial charge on any atom is -0.383 e. The lowest BCUT2D eigenvalue weighted by Crippen LogP contribution is -2.43. The molecule has 2 aromatic rings. The van der Waals surface area contributed by atoms with Gasteiger partial charge in [-0.15, -0.1) is 0 Å². The molecule has 0 radical (unpaired) electrons. The van der Waals surface area contributed by atoms with Crippen molar-refractivity contribution in [1.29, 1.82) is 0 Å². The van der Waals surface area contributed by atoms with E-state index >= 15 is 0 Å². The van der Waals surface area contributed by atoms with Gasteiger partial charge in [-0.2, -0.15) is 4.98 Å². The number of rotatable bonds is 9. The Bertz CT molecular complexity index is 1010. The number of nitrogens with zero attached hydrogens (tertiary/aromatic N) is 4. The Morgan fingerprint density at radius 3 is 2.55 bits per heavy atom. The number of nitrogens with two attached hydrogens (primary N) is 1. The first-order valence-corrected chi connectivity index (χ1v) is 10.2. The maximum Gasteiger partial charge on any atom is 0.330 e. The molecule has 31 heavy (non-hydrogen) atoms. The predicted octanol–water partition coefficient (Wildman–Crippen LogP) is 1.07. The summed E-state index contributed by atoms with van der Waals surface area (Å²) in [5.41, 5.74) is 4.49. The zero-order chi connectivity index (χ0) is 23.3. The predicted molar refractivity (Wildman–Crippen MR) is 116 cm³/mol. The molecule has 0 unspecified atom stereocenters. The van der Waals surface area contributed by atoms with Gasteiger partial charge in [0.15, 0.2) is 11.5 Å². The minimum absolute atomic E-state index is 0.0116. The van der Waals surface area contributed by atoms with Crippen molar-refractivity contribution >= 4 is 17.4 Å². The highest BCUT2D eigenvalue weighted by molar-refractivity contribution is 5.95. The van der Waals surface area contributed by atoms with E-state index in [-0.39, 0.29) is 54.7 Å². The fourth-order valence-corrected chi connectivity index (χ4v) is 2.94. The standard InChI is InChI=1S/C20H32N6O5/c1-12(2)11-26-16(21)15(17(28)23-19(26)29)25(9-10-30-6)14(27)8-7-13-22-18(24-31-13)20(3,4)5/h12H,7-11,21H2,1-6H3,(H,23,28,29). The third-order valence-electron chi connectivity index (χ3n) is 4.54. The van der Waals surface area contributed by atoms with Gasteiger partial charge in [0.25, 0.3) is 5.56 Å². The van der Waals surface area contributed by atoms with Crippen LogP contribution >= 0.6 is 0 Å². The van der Waals surface area contributed by atoms with Crippen molar-refractivity contribution in [2.24, 2.45) is 5.92 Å². The second-order valence-corrected chi connectivity index (χ2v) is 8.80. The number of nitrogens with one attached hydrogen (secondary N) is 1. The lowest BCUT2D eigenvalue weighted by atomic mass is 9.96. The fraction of sp³-hybridized carbons (Fsp3) is 0.650. The van der Waals surface area contributed by atoms with Crippen LogP contribution in [0, 0.1) is 5.92 Å². The normalized spacial score (nSPS) is 11.8. The van der Waals surface area contributed by atoms with Crippen LogP contribution in [0.4, 0.5) is 11.5 Å². The van der Waals surface area contributed by atoms with Gasteiger partial charge in [0.2, 0.25) is 11.8 Å². The van der Waals surface area contributed by atoms with Crippen molar-refractivity contribution in [1.82, 2.24) is 19.7 Å². The van der Waals surface area contributed by atoms with E-state index in [1.807, 2.05) is 34.6 Å². The largest absolute Gasteiger partial charge is 0.383 e. The van der Waals surface area contributed by atoms with Crippen molar-refractivity contribution in [3.8, 4) is 0 Å². The molecule has 2 heterocycles. The summed E-state index contributed by atoms with van der Waals surface area (Å²) in [6, 6.07) is 0. The first kappa shape index (κ1) is 24.3. The van der Waals surface area contributed by atoms with Crippen molar-refractivity contribution in [2.45, 2.75) is 59.4 Å². The van der Waals surface area contributed by atoms with E-state index in [0.29, 0.717) is 18.3 Å². The molecule has 0 fully saturated rings. The number of ether oxygens (including phenoxy) is 1. The fourth-order valence-electron chi connectivity index (χ4n) is 2.94. The molecule has 3 N–H and O–H groups in total. The maximum atomic E-state index is 13.0. The van der Waals surface area contributed by atoms with E-state index in [9.17, 15) is 14.4 Å². The molecule has 0 aliphatic heterocycles. The molecule has 1 amide bonds. The average Bonchev–Trinajstić information content (AvgIpc) is 3.15. The average molecular weight is 437 g/mol. The van der Waals surface area contributed by atoms with Crippen molar-refractivity contribution in [2.75, 3.05) is 30.9 Å². The number of hydrogen-bond donors (Lipinski definition) is 2. The summed E-state index contributed by atoms with van der Waals surface area (Å²) in [5.74, 6) is 0.555. The monoisotopic (exact) mass is 436 g/mol. The molecule has 0 spiro atoms. The van der Waals surface area contributed by atoms with Crippen molar-refractivity contribution in [3.63, 3.8) is 0 Å². The highest BCUT2D eigenvalue weighted by Gasteiger charge is 2.26. The summed E-state index contributed by atoms with van der Waals surface area (Å²) in [5, 5.41) is 3.95. The molecular weight excluding hydrogens is 404 g/mol. The first-order valence-electron chi connectivity index (χ1n) is 10.2. The smallest absolute Gasteiger partial charge is 0.330 e. The summed E-state index contributed by atoms with van der Waals surface area (Å²) in [6.07, 6.45) is 0.215. The Morgan fingerprint density at radius 2 is 2.00 bits per heavy atom. The van der Waals surface area contributed by atoms with E-state index in [2.05, 4.69) is 15.1 Å². The number of amides is 1. The molecule has 0 atom stereocenters. The van der Waals surface area contributed by atoms with Crippen LogP contribution in [-0.4, -0.2) is 45.9 Å². The number of carbonyl (C=O) groups excluding carboxylic acids is 1. The molecule has 2 rings (SSSR count). The van der Waals surface area contributed by atoms with Crippen LogP contribution in [0.2, 0.25) is 0 Å². The number of H-pyrrole nitrogens is 1. The highest BCUT2D eigenvalue weighted by Crippen LogP contribution is 2.21. The number of carbonyl (C=O) groups is 1. The molecule has 0 bridgehead atoms. The van der Waals surface area contributed by atoms with Gasteiger partial charge < -0.3 is 19.9 Å². The lowest BCUT2D eigenvalue weighted by Gasteiger charge is -2.24. The zero-order valence-corrected chi connectivity index (χ0v) is 19.0. The number of aromatic amines is 1. The quantitative estimate of drug-likeness (QED) is 0.593. The Hall–Kier alpha value is -2.95. The minimum atomic E-state index is -0.722. The van der Waals surface area contributed by atoms with Gasteiger partial charge in [0, 0.05) is 38.5 Å². The molecule has 172 valence electrons. The third-order valence-corrected chi connectivity index (χ3v) is 4.54. The lowest BCUT2D eigenvalue weighted by molar-refractivity contribution is -0.118.